The summed E-state index contributed by atoms with van der Waals surface area (Å²) in [5.41, 5.74) is 9.79. The Morgan fingerprint density at radius 2 is 2.08 bits per heavy atom. The monoisotopic (exact) mass is 176 g/mol. The third kappa shape index (κ3) is 2.84. The molecule has 0 fully saturated rings. The molecule has 1 rings (SSSR count). The zero-order chi connectivity index (χ0) is 9.52. The van der Waals surface area contributed by atoms with Crippen LogP contribution in [0.3, 0.4) is 0 Å². The second-order valence-electron chi connectivity index (χ2n) is 2.38. The van der Waals surface area contributed by atoms with E-state index < -0.39 is 0 Å². The highest BCUT2D eigenvalue weighted by Crippen LogP contribution is 2.03. The lowest BCUT2D eigenvalue weighted by molar-refractivity contribution is 0.322. The topological polar surface area (TPSA) is 81.4 Å². The van der Waals surface area contributed by atoms with Gasteiger partial charge in [-0.15, -0.1) is 0 Å². The summed E-state index contributed by atoms with van der Waals surface area (Å²) in [4.78, 5) is 2.65. The second kappa shape index (κ2) is 4.79. The van der Waals surface area contributed by atoms with E-state index in [1.165, 1.54) is 6.21 Å². The fraction of sp³-hybridized carbons (Fsp3) is 0.125. The Kier molecular flexibility index (Phi) is 3.35. The van der Waals surface area contributed by atoms with E-state index in [0.29, 0.717) is 6.54 Å². The van der Waals surface area contributed by atoms with Gasteiger partial charge in [-0.25, -0.2) is 0 Å². The SMILES string of the molecule is [N-]=[N+]=NCc1ccc(/C=N/O)cc1. The maximum Gasteiger partial charge on any atom is 0.0733 e. The molecular weight excluding hydrogens is 168 g/mol. The second-order valence-corrected chi connectivity index (χ2v) is 2.38. The minimum Gasteiger partial charge on any atom is -0.411 e. The van der Waals surface area contributed by atoms with Gasteiger partial charge in [0.15, 0.2) is 0 Å². The molecule has 13 heavy (non-hydrogen) atoms. The first-order valence-electron chi connectivity index (χ1n) is 3.64. The van der Waals surface area contributed by atoms with Crippen LogP contribution in [0, 0.1) is 0 Å². The van der Waals surface area contributed by atoms with Crippen LogP contribution in [0.15, 0.2) is 34.5 Å². The first-order valence-corrected chi connectivity index (χ1v) is 3.64. The van der Waals surface area contributed by atoms with Gasteiger partial charge >= 0.3 is 0 Å². The van der Waals surface area contributed by atoms with E-state index in [-0.39, 0.29) is 0 Å². The Hall–Kier alpha value is -2.00. The van der Waals surface area contributed by atoms with Crippen molar-refractivity contribution in [2.24, 2.45) is 10.3 Å². The van der Waals surface area contributed by atoms with E-state index in [1.54, 1.807) is 12.1 Å². The predicted molar refractivity (Wildman–Crippen MR) is 48.7 cm³/mol. The van der Waals surface area contributed by atoms with Gasteiger partial charge in [0.1, 0.15) is 0 Å². The normalized spacial score (nSPS) is 9.85. The molecule has 0 atom stereocenters. The summed E-state index contributed by atoms with van der Waals surface area (Å²) in [6.07, 6.45) is 1.33. The van der Waals surface area contributed by atoms with Crippen LogP contribution in [-0.2, 0) is 6.54 Å². The lowest BCUT2D eigenvalue weighted by Crippen LogP contribution is -1.83. The summed E-state index contributed by atoms with van der Waals surface area (Å²) in [6.45, 7) is 0.340. The average Bonchev–Trinajstić information content (AvgIpc) is 2.17. The molecule has 5 nitrogen and oxygen atoms in total. The van der Waals surface area contributed by atoms with Gasteiger partial charge in [0, 0.05) is 4.91 Å². The maximum absolute atomic E-state index is 8.23. The molecule has 1 aromatic rings. The summed E-state index contributed by atoms with van der Waals surface area (Å²) in [5.74, 6) is 0. The molecule has 0 amide bonds. The van der Waals surface area contributed by atoms with Gasteiger partial charge in [0.25, 0.3) is 0 Å². The van der Waals surface area contributed by atoms with Gasteiger partial charge in [0.05, 0.1) is 12.8 Å². The van der Waals surface area contributed by atoms with Crippen LogP contribution < -0.4 is 0 Å². The number of nitrogens with zero attached hydrogens (tertiary/aromatic N) is 4. The number of hydrogen-bond acceptors (Lipinski definition) is 3. The van der Waals surface area contributed by atoms with E-state index in [2.05, 4.69) is 15.2 Å². The van der Waals surface area contributed by atoms with Crippen molar-refractivity contribution >= 4 is 6.21 Å². The predicted octanol–water partition coefficient (Wildman–Crippen LogP) is 2.31. The minimum atomic E-state index is 0.340. The molecule has 0 aliphatic heterocycles. The fourth-order valence-corrected chi connectivity index (χ4v) is 0.889. The number of hydrogen-bond donors (Lipinski definition) is 1. The Morgan fingerprint density at radius 3 is 2.62 bits per heavy atom. The quantitative estimate of drug-likeness (QED) is 0.188. The molecule has 0 aliphatic carbocycles. The van der Waals surface area contributed by atoms with Crippen molar-refractivity contribution in [1.29, 1.82) is 0 Å². The standard InChI is InChI=1S/C8H8N4O/c9-12-10-5-7-1-3-8(4-2-7)6-11-13/h1-4,6,13H,5H2/b11-6+. The summed E-state index contributed by atoms with van der Waals surface area (Å²) in [7, 11) is 0. The van der Waals surface area contributed by atoms with Crippen LogP contribution in [0.5, 0.6) is 0 Å². The number of oxime groups is 1. The summed E-state index contributed by atoms with van der Waals surface area (Å²) < 4.78 is 0. The van der Waals surface area contributed by atoms with Crippen LogP contribution in [0.1, 0.15) is 11.1 Å². The van der Waals surface area contributed by atoms with Gasteiger partial charge in [-0.2, -0.15) is 0 Å². The molecule has 0 saturated heterocycles. The van der Waals surface area contributed by atoms with Gasteiger partial charge < -0.3 is 5.21 Å². The average molecular weight is 176 g/mol. The summed E-state index contributed by atoms with van der Waals surface area (Å²) in [5, 5.41) is 14.5. The molecule has 66 valence electrons. The number of rotatable bonds is 3. The first kappa shape index (κ1) is 9.09. The molecule has 1 N–H and O–H groups in total. The van der Waals surface area contributed by atoms with Crippen LogP contribution >= 0.6 is 0 Å². The first-order chi connectivity index (χ1) is 6.36. The zero-order valence-electron chi connectivity index (χ0n) is 6.83. The van der Waals surface area contributed by atoms with Gasteiger partial charge in [-0.05, 0) is 16.7 Å². The molecule has 5 heteroatoms. The fourth-order valence-electron chi connectivity index (χ4n) is 0.889. The largest absolute Gasteiger partial charge is 0.411 e. The van der Waals surface area contributed by atoms with Crippen LogP contribution in [-0.4, -0.2) is 11.4 Å². The third-order valence-electron chi connectivity index (χ3n) is 1.50. The highest BCUT2D eigenvalue weighted by Gasteiger charge is 1.90. The molecule has 0 aliphatic rings. The molecule has 0 radical (unpaired) electrons. The van der Waals surface area contributed by atoms with E-state index in [0.717, 1.165) is 11.1 Å². The van der Waals surface area contributed by atoms with Crippen molar-refractivity contribution in [3.8, 4) is 0 Å². The Morgan fingerprint density at radius 1 is 1.38 bits per heavy atom. The van der Waals surface area contributed by atoms with Crippen molar-refractivity contribution < 1.29 is 5.21 Å². The molecule has 0 heterocycles. The highest BCUT2D eigenvalue weighted by molar-refractivity contribution is 5.78. The number of benzene rings is 1. The van der Waals surface area contributed by atoms with Gasteiger partial charge in [-0.3, -0.25) is 0 Å². The van der Waals surface area contributed by atoms with Crippen molar-refractivity contribution in [2.45, 2.75) is 6.54 Å². The van der Waals surface area contributed by atoms with E-state index in [9.17, 15) is 0 Å². The van der Waals surface area contributed by atoms with Crippen LogP contribution in [0.25, 0.3) is 10.4 Å². The van der Waals surface area contributed by atoms with Crippen LogP contribution in [0.4, 0.5) is 0 Å². The summed E-state index contributed by atoms with van der Waals surface area (Å²) in [6, 6.07) is 7.18. The number of azide groups is 1. The van der Waals surface area contributed by atoms with Crippen molar-refractivity contribution in [3.63, 3.8) is 0 Å². The molecule has 0 bridgehead atoms. The van der Waals surface area contributed by atoms with Gasteiger partial charge in [0.2, 0.25) is 0 Å². The van der Waals surface area contributed by atoms with E-state index >= 15 is 0 Å². The lowest BCUT2D eigenvalue weighted by Gasteiger charge is -1.95. The minimum absolute atomic E-state index is 0.340. The highest BCUT2D eigenvalue weighted by atomic mass is 16.4. The van der Waals surface area contributed by atoms with Crippen molar-refractivity contribution in [2.75, 3.05) is 0 Å². The van der Waals surface area contributed by atoms with Crippen molar-refractivity contribution in [1.82, 2.24) is 0 Å². The van der Waals surface area contributed by atoms with Crippen LogP contribution in [0.2, 0.25) is 0 Å². The smallest absolute Gasteiger partial charge is 0.0733 e. The van der Waals surface area contributed by atoms with Crippen molar-refractivity contribution in [3.05, 3.63) is 45.8 Å². The van der Waals surface area contributed by atoms with Gasteiger partial charge in [-0.1, -0.05) is 34.5 Å². The molecule has 0 unspecified atom stereocenters. The van der Waals surface area contributed by atoms with E-state index in [1.807, 2.05) is 12.1 Å². The third-order valence-corrected chi connectivity index (χ3v) is 1.50. The maximum atomic E-state index is 8.23. The lowest BCUT2D eigenvalue weighted by atomic mass is 10.1. The molecule has 0 aromatic heterocycles. The Bertz CT molecular complexity index is 338. The molecule has 0 spiro atoms. The molecular formula is C8H8N4O. The zero-order valence-corrected chi connectivity index (χ0v) is 6.83. The Labute approximate surface area is 74.9 Å². The summed E-state index contributed by atoms with van der Waals surface area (Å²) >= 11 is 0. The molecule has 1 aromatic carbocycles. The van der Waals surface area contributed by atoms with E-state index in [4.69, 9.17) is 10.7 Å². The Balaban J connectivity index is 2.74. The molecule has 0 saturated carbocycles.